The summed E-state index contributed by atoms with van der Waals surface area (Å²) in [5.74, 6) is 0.613. The zero-order valence-electron chi connectivity index (χ0n) is 23.3. The second-order valence-corrected chi connectivity index (χ2v) is 11.4. The molecule has 0 saturated heterocycles. The van der Waals surface area contributed by atoms with Crippen molar-refractivity contribution in [1.82, 2.24) is 4.57 Å². The van der Waals surface area contributed by atoms with Gasteiger partial charge in [0.15, 0.2) is 5.75 Å². The van der Waals surface area contributed by atoms with E-state index < -0.39 is 0 Å². The van der Waals surface area contributed by atoms with Gasteiger partial charge in [-0.25, -0.2) is 9.69 Å². The quantitative estimate of drug-likeness (QED) is 0.221. The molecule has 0 bridgehead atoms. The number of amides is 1. The van der Waals surface area contributed by atoms with Crippen LogP contribution in [0.25, 0.3) is 38.3 Å². The van der Waals surface area contributed by atoms with Crippen molar-refractivity contribution in [3.63, 3.8) is 0 Å². The third kappa shape index (κ3) is 2.95. The van der Waals surface area contributed by atoms with Gasteiger partial charge in [-0.15, -0.1) is 0 Å². The van der Waals surface area contributed by atoms with E-state index in [9.17, 15) is 4.79 Å². The van der Waals surface area contributed by atoms with Gasteiger partial charge in [-0.05, 0) is 53.4 Å². The number of hydrogen-bond donors (Lipinski definition) is 0. The Kier molecular flexibility index (Phi) is 4.67. The Morgan fingerprint density at radius 3 is 2.02 bits per heavy atom. The number of fused-ring (bicyclic) bond motifs is 5. The maximum atomic E-state index is 14.1. The Balaban J connectivity index is 1.43. The highest BCUT2D eigenvalue weighted by Gasteiger charge is 2.42. The first-order chi connectivity index (χ1) is 20.6. The van der Waals surface area contributed by atoms with Crippen LogP contribution in [0.4, 0.5) is 16.2 Å². The Hall–Kier alpha value is -5.29. The maximum absolute atomic E-state index is 14.1. The lowest BCUT2D eigenvalue weighted by atomic mass is 9.35. The molecule has 5 heteroatoms. The van der Waals surface area contributed by atoms with Crippen LogP contribution in [0.15, 0.2) is 115 Å². The number of nitrogens with zero attached hydrogens (tertiary/aromatic N) is 2. The fourth-order valence-corrected chi connectivity index (χ4v) is 7.38. The van der Waals surface area contributed by atoms with Crippen molar-refractivity contribution in [1.29, 1.82) is 0 Å². The maximum Gasteiger partial charge on any atom is 0.424 e. The van der Waals surface area contributed by atoms with E-state index >= 15 is 0 Å². The summed E-state index contributed by atoms with van der Waals surface area (Å²) < 4.78 is 8.70. The van der Waals surface area contributed by atoms with Gasteiger partial charge < -0.3 is 9.30 Å². The van der Waals surface area contributed by atoms with E-state index in [-0.39, 0.29) is 12.8 Å². The molecule has 6 aromatic carbocycles. The van der Waals surface area contributed by atoms with Gasteiger partial charge in [-0.1, -0.05) is 109 Å². The van der Waals surface area contributed by atoms with Crippen molar-refractivity contribution in [2.75, 3.05) is 4.90 Å². The lowest BCUT2D eigenvalue weighted by Gasteiger charge is -2.38. The number of hydrogen-bond acceptors (Lipinski definition) is 2. The van der Waals surface area contributed by atoms with Crippen LogP contribution in [0.3, 0.4) is 0 Å². The van der Waals surface area contributed by atoms with Crippen LogP contribution in [0.1, 0.15) is 11.1 Å². The fourth-order valence-electron chi connectivity index (χ4n) is 7.38. The number of carbonyl (C=O) groups excluding carboxylic acids is 1. The molecule has 9 rings (SSSR count). The van der Waals surface area contributed by atoms with Gasteiger partial charge in [0.25, 0.3) is 0 Å². The third-order valence-corrected chi connectivity index (χ3v) is 9.10. The SMILES string of the molecule is Cc1cccc2c3cccc(C)c3n(-c3ccc4ccc5c6c4c3OC(=O)N6c3ccccc3B5c3ccccc3)c12. The zero-order chi connectivity index (χ0) is 28.1. The number of benzene rings is 6. The monoisotopic (exact) mass is 540 g/mol. The Morgan fingerprint density at radius 2 is 1.29 bits per heavy atom. The molecule has 0 atom stereocenters. The van der Waals surface area contributed by atoms with E-state index in [1.165, 1.54) is 27.4 Å². The number of anilines is 2. The molecule has 7 aromatic rings. The minimum atomic E-state index is -0.378. The average molecular weight is 540 g/mol. The molecule has 0 aliphatic carbocycles. The number of aryl methyl sites for hydroxylation is 2. The van der Waals surface area contributed by atoms with Gasteiger partial charge in [0.1, 0.15) is 0 Å². The molecule has 0 N–H and O–H groups in total. The lowest BCUT2D eigenvalue weighted by Crippen LogP contribution is -2.59. The minimum absolute atomic E-state index is 0.00168. The van der Waals surface area contributed by atoms with Gasteiger partial charge in [0.05, 0.1) is 27.8 Å². The molecule has 0 radical (unpaired) electrons. The van der Waals surface area contributed by atoms with Crippen molar-refractivity contribution in [3.05, 3.63) is 126 Å². The summed E-state index contributed by atoms with van der Waals surface area (Å²) in [6, 6.07) is 40.3. The predicted molar refractivity (Wildman–Crippen MR) is 173 cm³/mol. The molecule has 0 fully saturated rings. The smallest absolute Gasteiger partial charge is 0.407 e. The molecule has 0 saturated carbocycles. The topological polar surface area (TPSA) is 34.5 Å². The van der Waals surface area contributed by atoms with Crippen LogP contribution in [0.2, 0.25) is 0 Å². The second-order valence-electron chi connectivity index (χ2n) is 11.4. The molecule has 4 nitrogen and oxygen atoms in total. The first-order valence-corrected chi connectivity index (χ1v) is 14.4. The number of ether oxygens (including phenoxy) is 1. The Bertz CT molecular complexity index is 2230. The van der Waals surface area contributed by atoms with Gasteiger partial charge in [0, 0.05) is 16.5 Å². The van der Waals surface area contributed by atoms with Crippen LogP contribution in [-0.4, -0.2) is 17.4 Å². The number of para-hydroxylation sites is 3. The van der Waals surface area contributed by atoms with Gasteiger partial charge >= 0.3 is 6.09 Å². The van der Waals surface area contributed by atoms with E-state index in [1.807, 2.05) is 24.3 Å². The van der Waals surface area contributed by atoms with Crippen molar-refractivity contribution in [3.8, 4) is 11.4 Å². The van der Waals surface area contributed by atoms with Gasteiger partial charge in [-0.3, -0.25) is 0 Å². The Labute approximate surface area is 243 Å². The molecule has 1 aromatic heterocycles. The van der Waals surface area contributed by atoms with E-state index in [1.54, 1.807) is 4.90 Å². The molecular weight excluding hydrogens is 515 g/mol. The summed E-state index contributed by atoms with van der Waals surface area (Å²) >= 11 is 0. The molecule has 0 spiro atoms. The molecule has 3 heterocycles. The summed E-state index contributed by atoms with van der Waals surface area (Å²) in [6.07, 6.45) is -0.378. The third-order valence-electron chi connectivity index (χ3n) is 9.10. The lowest BCUT2D eigenvalue weighted by molar-refractivity contribution is 0.210. The molecule has 42 heavy (non-hydrogen) atoms. The second kappa shape index (κ2) is 8.37. The summed E-state index contributed by atoms with van der Waals surface area (Å²) in [4.78, 5) is 15.9. The van der Waals surface area contributed by atoms with Crippen molar-refractivity contribution >= 4 is 73.1 Å². The summed E-state index contributed by atoms with van der Waals surface area (Å²) in [7, 11) is 0. The van der Waals surface area contributed by atoms with Crippen LogP contribution in [0.5, 0.6) is 5.75 Å². The average Bonchev–Trinajstić information content (AvgIpc) is 3.36. The standard InChI is InChI=1S/C37H25BN2O2/c1-22-10-8-14-26-27-15-9-11-23(2)34(27)39(33(22)26)31-21-19-24-18-20-29-35-32(24)36(31)42-37(41)40(35)30-17-7-6-16-28(30)38(29)25-12-4-3-5-13-25/h3-21H,1-2H3. The summed E-state index contributed by atoms with van der Waals surface area (Å²) in [6.45, 7) is 4.30. The highest BCUT2D eigenvalue weighted by Crippen LogP contribution is 2.47. The highest BCUT2D eigenvalue weighted by atomic mass is 16.6. The van der Waals surface area contributed by atoms with Crippen molar-refractivity contribution in [2.45, 2.75) is 13.8 Å². The molecule has 2 aliphatic rings. The highest BCUT2D eigenvalue weighted by molar-refractivity contribution is 6.98. The molecular formula is C37H25BN2O2. The Morgan fingerprint density at radius 1 is 0.619 bits per heavy atom. The largest absolute Gasteiger partial charge is 0.424 e. The zero-order valence-corrected chi connectivity index (χ0v) is 23.3. The summed E-state index contributed by atoms with van der Waals surface area (Å²) in [5.41, 5.74) is 10.7. The molecule has 0 unspecified atom stereocenters. The predicted octanol–water partition coefficient (Wildman–Crippen LogP) is 7.03. The van der Waals surface area contributed by atoms with Crippen molar-refractivity contribution < 1.29 is 9.53 Å². The first-order valence-electron chi connectivity index (χ1n) is 14.4. The number of aromatic nitrogens is 1. The van der Waals surface area contributed by atoms with E-state index in [0.29, 0.717) is 5.75 Å². The number of carbonyl (C=O) groups is 1. The van der Waals surface area contributed by atoms with Gasteiger partial charge in [0.2, 0.25) is 6.71 Å². The summed E-state index contributed by atoms with van der Waals surface area (Å²) in [5, 5.41) is 4.40. The van der Waals surface area contributed by atoms with Crippen LogP contribution in [-0.2, 0) is 0 Å². The number of rotatable bonds is 2. The molecule has 1 amide bonds. The van der Waals surface area contributed by atoms with E-state index in [0.717, 1.165) is 49.8 Å². The first kappa shape index (κ1) is 23.4. The van der Waals surface area contributed by atoms with Crippen LogP contribution >= 0.6 is 0 Å². The normalized spacial score (nSPS) is 13.6. The van der Waals surface area contributed by atoms with Gasteiger partial charge in [-0.2, -0.15) is 0 Å². The van der Waals surface area contributed by atoms with E-state index in [2.05, 4.69) is 109 Å². The van der Waals surface area contributed by atoms with Crippen molar-refractivity contribution in [2.24, 2.45) is 0 Å². The molecule has 2 aliphatic heterocycles. The van der Waals surface area contributed by atoms with Crippen LogP contribution in [0, 0.1) is 13.8 Å². The molecule has 198 valence electrons. The van der Waals surface area contributed by atoms with E-state index in [4.69, 9.17) is 4.74 Å². The minimum Gasteiger partial charge on any atom is -0.407 e. The fraction of sp³-hybridized carbons (Fsp3) is 0.0541. The van der Waals surface area contributed by atoms with Crippen LogP contribution < -0.4 is 26.0 Å².